The minimum absolute atomic E-state index is 0.212. The Hall–Kier alpha value is -3.61. The number of nitrogens with two attached hydrogens (primary N) is 2. The largest absolute Gasteiger partial charge is 0.384 e. The van der Waals surface area contributed by atoms with E-state index in [1.807, 2.05) is 0 Å². The number of benzene rings is 3. The van der Waals surface area contributed by atoms with Crippen LogP contribution in [0, 0.1) is 28.3 Å². The highest BCUT2D eigenvalue weighted by atomic mass is 19.1. The molecule has 3 aromatic carbocycles. The summed E-state index contributed by atoms with van der Waals surface area (Å²) < 4.78 is 43.4. The molecule has 6 N–H and O–H groups in total. The fourth-order valence-electron chi connectivity index (χ4n) is 3.39. The lowest BCUT2D eigenvalue weighted by Gasteiger charge is -2.10. The predicted octanol–water partition coefficient (Wildman–Crippen LogP) is 4.24. The second-order valence-corrected chi connectivity index (χ2v) is 7.33. The van der Waals surface area contributed by atoms with Gasteiger partial charge < -0.3 is 11.5 Å². The van der Waals surface area contributed by atoms with Crippen LogP contribution in [-0.4, -0.2) is 11.7 Å². The smallest absolute Gasteiger partial charge is 0.129 e. The van der Waals surface area contributed by atoms with E-state index in [9.17, 15) is 13.2 Å². The Bertz CT molecular complexity index is 1060. The Balaban J connectivity index is 1.69. The number of halogens is 3. The minimum atomic E-state index is -0.478. The Labute approximate surface area is 178 Å². The first-order chi connectivity index (χ1) is 14.8. The van der Waals surface area contributed by atoms with E-state index in [2.05, 4.69) is 0 Å². The fourth-order valence-corrected chi connectivity index (χ4v) is 3.39. The molecule has 3 rings (SSSR count). The molecule has 4 nitrogen and oxygen atoms in total. The van der Waals surface area contributed by atoms with Gasteiger partial charge in [0, 0.05) is 11.1 Å². The summed E-state index contributed by atoms with van der Waals surface area (Å²) in [7, 11) is 0. The van der Waals surface area contributed by atoms with Crippen molar-refractivity contribution in [1.29, 1.82) is 10.8 Å². The van der Waals surface area contributed by atoms with Gasteiger partial charge in [-0.3, -0.25) is 10.8 Å². The number of hydrogen-bond donors (Lipinski definition) is 4. The molecule has 0 atom stereocenters. The SMILES string of the molecule is N=C(N)c1ccc(CCc2cccc(CCc3ccc(C(=N)N)cc3F)c2F)c(F)c1. The molecule has 0 aromatic heterocycles. The molecule has 0 spiro atoms. The number of nitrogens with one attached hydrogen (secondary N) is 2. The van der Waals surface area contributed by atoms with Crippen LogP contribution in [0.15, 0.2) is 54.6 Å². The van der Waals surface area contributed by atoms with E-state index in [1.54, 1.807) is 42.5 Å². The van der Waals surface area contributed by atoms with Gasteiger partial charge in [0.15, 0.2) is 0 Å². The number of nitrogen functional groups attached to an aromatic ring is 2. The van der Waals surface area contributed by atoms with Gasteiger partial charge in [-0.1, -0.05) is 42.5 Å². The number of rotatable bonds is 8. The number of hydrogen-bond acceptors (Lipinski definition) is 2. The molecule has 0 amide bonds. The van der Waals surface area contributed by atoms with E-state index < -0.39 is 11.6 Å². The molecule has 0 radical (unpaired) electrons. The van der Waals surface area contributed by atoms with Crippen molar-refractivity contribution in [2.45, 2.75) is 25.7 Å². The summed E-state index contributed by atoms with van der Waals surface area (Å²) in [6.07, 6.45) is 1.20. The van der Waals surface area contributed by atoms with Gasteiger partial charge in [-0.05, 0) is 60.1 Å². The van der Waals surface area contributed by atoms with Crippen molar-refractivity contribution in [2.75, 3.05) is 0 Å². The van der Waals surface area contributed by atoms with E-state index in [-0.39, 0.29) is 17.5 Å². The third kappa shape index (κ3) is 5.31. The molecule has 31 heavy (non-hydrogen) atoms. The molecular weight excluding hydrogens is 401 g/mol. The standard InChI is InChI=1S/C24H23F3N4/c25-20-12-18(23(28)29)10-6-14(20)4-8-16-2-1-3-17(22(16)27)9-5-15-7-11-19(24(30)31)13-21(15)26/h1-3,6-7,10-13H,4-5,8-9H2,(H3,28,29)(H3,30,31). The third-order valence-corrected chi connectivity index (χ3v) is 5.21. The van der Waals surface area contributed by atoms with Gasteiger partial charge in [-0.2, -0.15) is 0 Å². The Morgan fingerprint density at radius 3 is 1.35 bits per heavy atom. The highest BCUT2D eigenvalue weighted by molar-refractivity contribution is 5.95. The Morgan fingerprint density at radius 2 is 1.00 bits per heavy atom. The van der Waals surface area contributed by atoms with E-state index in [4.69, 9.17) is 22.3 Å². The highest BCUT2D eigenvalue weighted by Crippen LogP contribution is 2.20. The van der Waals surface area contributed by atoms with Crippen molar-refractivity contribution in [1.82, 2.24) is 0 Å². The normalized spacial score (nSPS) is 10.8. The van der Waals surface area contributed by atoms with Crippen LogP contribution in [0.4, 0.5) is 13.2 Å². The topological polar surface area (TPSA) is 99.7 Å². The van der Waals surface area contributed by atoms with Crippen LogP contribution in [0.5, 0.6) is 0 Å². The molecular formula is C24H23F3N4. The molecule has 0 bridgehead atoms. The summed E-state index contributed by atoms with van der Waals surface area (Å²) in [4.78, 5) is 0. The van der Waals surface area contributed by atoms with Crippen molar-refractivity contribution in [2.24, 2.45) is 11.5 Å². The van der Waals surface area contributed by atoms with E-state index in [0.717, 1.165) is 0 Å². The van der Waals surface area contributed by atoms with Gasteiger partial charge in [0.2, 0.25) is 0 Å². The molecule has 0 aliphatic heterocycles. The summed E-state index contributed by atoms with van der Waals surface area (Å²) in [6, 6.07) is 13.7. The maximum atomic E-state index is 14.9. The zero-order valence-corrected chi connectivity index (χ0v) is 16.8. The number of amidine groups is 2. The first kappa shape index (κ1) is 22.1. The molecule has 160 valence electrons. The van der Waals surface area contributed by atoms with Crippen LogP contribution in [0.3, 0.4) is 0 Å². The van der Waals surface area contributed by atoms with Gasteiger partial charge >= 0.3 is 0 Å². The maximum Gasteiger partial charge on any atom is 0.129 e. The van der Waals surface area contributed by atoms with Crippen molar-refractivity contribution in [3.8, 4) is 0 Å². The van der Waals surface area contributed by atoms with Gasteiger partial charge in [0.1, 0.15) is 29.1 Å². The summed E-state index contributed by atoms with van der Waals surface area (Å²) in [5, 5.41) is 14.7. The molecule has 0 aliphatic rings. The van der Waals surface area contributed by atoms with E-state index in [1.165, 1.54) is 12.1 Å². The quantitative estimate of drug-likeness (QED) is 0.321. The molecule has 3 aromatic rings. The third-order valence-electron chi connectivity index (χ3n) is 5.21. The van der Waals surface area contributed by atoms with Crippen molar-refractivity contribution in [3.63, 3.8) is 0 Å². The summed E-state index contributed by atoms with van der Waals surface area (Å²) >= 11 is 0. The summed E-state index contributed by atoms with van der Waals surface area (Å²) in [6.45, 7) is 0. The van der Waals surface area contributed by atoms with Crippen LogP contribution in [0.2, 0.25) is 0 Å². The molecule has 0 aliphatic carbocycles. The van der Waals surface area contributed by atoms with Crippen LogP contribution in [0.1, 0.15) is 33.4 Å². The molecule has 0 saturated carbocycles. The second-order valence-electron chi connectivity index (χ2n) is 7.33. The lowest BCUT2D eigenvalue weighted by Crippen LogP contribution is -2.12. The van der Waals surface area contributed by atoms with Crippen LogP contribution in [-0.2, 0) is 25.7 Å². The predicted molar refractivity (Wildman–Crippen MR) is 116 cm³/mol. The van der Waals surface area contributed by atoms with Gasteiger partial charge in [-0.15, -0.1) is 0 Å². The Morgan fingerprint density at radius 1 is 0.613 bits per heavy atom. The van der Waals surface area contributed by atoms with Crippen molar-refractivity contribution >= 4 is 11.7 Å². The van der Waals surface area contributed by atoms with Crippen LogP contribution >= 0.6 is 0 Å². The van der Waals surface area contributed by atoms with Gasteiger partial charge in [-0.25, -0.2) is 13.2 Å². The molecule has 0 saturated heterocycles. The van der Waals surface area contributed by atoms with Crippen molar-refractivity contribution in [3.05, 3.63) is 105 Å². The molecule has 0 unspecified atom stereocenters. The van der Waals surface area contributed by atoms with Gasteiger partial charge in [0.25, 0.3) is 0 Å². The lowest BCUT2D eigenvalue weighted by atomic mass is 9.97. The second kappa shape index (κ2) is 9.47. The van der Waals surface area contributed by atoms with E-state index in [0.29, 0.717) is 59.1 Å². The zero-order valence-electron chi connectivity index (χ0n) is 16.8. The lowest BCUT2D eigenvalue weighted by molar-refractivity contribution is 0.579. The highest BCUT2D eigenvalue weighted by Gasteiger charge is 2.12. The first-order valence-corrected chi connectivity index (χ1v) is 9.78. The van der Waals surface area contributed by atoms with Crippen LogP contribution < -0.4 is 11.5 Å². The van der Waals surface area contributed by atoms with E-state index >= 15 is 0 Å². The maximum absolute atomic E-state index is 14.9. The summed E-state index contributed by atoms with van der Waals surface area (Å²) in [5.74, 6) is -1.75. The fraction of sp³-hybridized carbons (Fsp3) is 0.167. The monoisotopic (exact) mass is 424 g/mol. The average molecular weight is 424 g/mol. The van der Waals surface area contributed by atoms with Crippen LogP contribution in [0.25, 0.3) is 0 Å². The Kier molecular flexibility index (Phi) is 6.74. The van der Waals surface area contributed by atoms with Crippen molar-refractivity contribution < 1.29 is 13.2 Å². The summed E-state index contributed by atoms with van der Waals surface area (Å²) in [5.41, 5.74) is 13.1. The first-order valence-electron chi connectivity index (χ1n) is 9.78. The molecule has 7 heteroatoms. The number of aryl methyl sites for hydroxylation is 4. The zero-order chi connectivity index (χ0) is 22.5. The average Bonchev–Trinajstić information content (AvgIpc) is 2.73. The minimum Gasteiger partial charge on any atom is -0.384 e. The molecule has 0 fully saturated rings. The van der Waals surface area contributed by atoms with Gasteiger partial charge in [0.05, 0.1) is 0 Å². The molecule has 0 heterocycles.